The van der Waals surface area contributed by atoms with Gasteiger partial charge in [0.15, 0.2) is 5.78 Å². The molecule has 3 aromatic carbocycles. The normalized spacial score (nSPS) is 12.5. The fourth-order valence-electron chi connectivity index (χ4n) is 3.00. The zero-order valence-electron chi connectivity index (χ0n) is 10.8. The van der Waals surface area contributed by atoms with Crippen LogP contribution >= 0.6 is 0 Å². The summed E-state index contributed by atoms with van der Waals surface area (Å²) >= 11 is 0. The maximum Gasteiger partial charge on any atom is 0.198 e. The fourth-order valence-corrected chi connectivity index (χ4v) is 3.00. The number of fused-ring (bicyclic) bond motifs is 4. The molecule has 0 heterocycles. The van der Waals surface area contributed by atoms with Crippen LogP contribution in [0.1, 0.15) is 15.9 Å². The minimum atomic E-state index is -0.349. The molecule has 1 aliphatic rings. The first kappa shape index (κ1) is 11.8. The monoisotopic (exact) mass is 278 g/mol. The summed E-state index contributed by atoms with van der Waals surface area (Å²) in [5.41, 5.74) is 1.40. The number of ketones is 1. The molecule has 0 aromatic heterocycles. The zero-order chi connectivity index (χ0) is 14.7. The maximum absolute atomic E-state index is 12.5. The van der Waals surface area contributed by atoms with E-state index in [-0.39, 0.29) is 34.0 Å². The summed E-state index contributed by atoms with van der Waals surface area (Å²) in [4.78, 5) is 12.5. The summed E-state index contributed by atoms with van der Waals surface area (Å²) in [7, 11) is 0. The van der Waals surface area contributed by atoms with Gasteiger partial charge in [-0.2, -0.15) is 0 Å². The first-order valence-corrected chi connectivity index (χ1v) is 6.45. The molecule has 21 heavy (non-hydrogen) atoms. The van der Waals surface area contributed by atoms with Gasteiger partial charge in [-0.3, -0.25) is 4.79 Å². The van der Waals surface area contributed by atoms with Crippen molar-refractivity contribution in [2.45, 2.75) is 0 Å². The lowest BCUT2D eigenvalue weighted by atomic mass is 9.97. The third kappa shape index (κ3) is 1.31. The molecule has 0 atom stereocenters. The molecule has 0 saturated carbocycles. The molecule has 4 heteroatoms. The van der Waals surface area contributed by atoms with E-state index >= 15 is 0 Å². The largest absolute Gasteiger partial charge is 0.507 e. The Hall–Kier alpha value is -3.01. The van der Waals surface area contributed by atoms with Crippen molar-refractivity contribution < 1.29 is 20.1 Å². The Morgan fingerprint density at radius 3 is 2.19 bits per heavy atom. The molecule has 0 saturated heterocycles. The lowest BCUT2D eigenvalue weighted by Crippen LogP contribution is -1.96. The maximum atomic E-state index is 12.5. The fraction of sp³-hybridized carbons (Fsp3) is 0. The molecule has 4 rings (SSSR count). The second kappa shape index (κ2) is 3.76. The van der Waals surface area contributed by atoms with E-state index < -0.39 is 0 Å². The Kier molecular flexibility index (Phi) is 2.11. The van der Waals surface area contributed by atoms with Crippen LogP contribution in [0.15, 0.2) is 42.5 Å². The van der Waals surface area contributed by atoms with Crippen LogP contribution in [-0.2, 0) is 0 Å². The van der Waals surface area contributed by atoms with Crippen molar-refractivity contribution in [1.82, 2.24) is 0 Å². The molecule has 0 bridgehead atoms. The number of hydrogen-bond acceptors (Lipinski definition) is 4. The molecule has 1 aliphatic carbocycles. The van der Waals surface area contributed by atoms with Gasteiger partial charge >= 0.3 is 0 Å². The van der Waals surface area contributed by atoms with Crippen LogP contribution in [0.4, 0.5) is 0 Å². The number of carbonyl (C=O) groups is 1. The number of phenols is 3. The van der Waals surface area contributed by atoms with Gasteiger partial charge < -0.3 is 15.3 Å². The molecule has 0 amide bonds. The van der Waals surface area contributed by atoms with E-state index in [4.69, 9.17) is 0 Å². The average molecular weight is 278 g/mol. The van der Waals surface area contributed by atoms with E-state index in [9.17, 15) is 20.1 Å². The standard InChI is InChI=1S/C17H10O4/c18-11-7-3-6-10-12(11)17(21)14-13(16(10)20)8-4-1-2-5-9(8)15(14)19/h1-7,18,20-21H. The Bertz CT molecular complexity index is 941. The Balaban J connectivity index is 2.27. The van der Waals surface area contributed by atoms with Gasteiger partial charge in [0.1, 0.15) is 17.2 Å². The predicted octanol–water partition coefficient (Wildman–Crippen LogP) is 3.17. The Morgan fingerprint density at radius 1 is 0.714 bits per heavy atom. The van der Waals surface area contributed by atoms with Gasteiger partial charge in [-0.05, 0) is 11.6 Å². The minimum Gasteiger partial charge on any atom is -0.507 e. The van der Waals surface area contributed by atoms with Gasteiger partial charge in [0.2, 0.25) is 0 Å². The van der Waals surface area contributed by atoms with Crippen LogP contribution in [-0.4, -0.2) is 21.1 Å². The lowest BCUT2D eigenvalue weighted by molar-refractivity contribution is 0.104. The molecule has 102 valence electrons. The number of carbonyl (C=O) groups excluding carboxylic acids is 1. The van der Waals surface area contributed by atoms with E-state index in [1.54, 1.807) is 36.4 Å². The minimum absolute atomic E-state index is 0.0442. The van der Waals surface area contributed by atoms with E-state index in [1.165, 1.54) is 6.07 Å². The number of benzene rings is 3. The highest BCUT2D eigenvalue weighted by Crippen LogP contribution is 2.52. The summed E-state index contributed by atoms with van der Waals surface area (Å²) in [5.74, 6) is -0.922. The van der Waals surface area contributed by atoms with Crippen LogP contribution in [0.5, 0.6) is 17.2 Å². The predicted molar refractivity (Wildman–Crippen MR) is 77.8 cm³/mol. The molecule has 0 aliphatic heterocycles. The quantitative estimate of drug-likeness (QED) is 0.432. The van der Waals surface area contributed by atoms with Gasteiger partial charge in [0, 0.05) is 16.5 Å². The highest BCUT2D eigenvalue weighted by molar-refractivity contribution is 6.27. The molecular weight excluding hydrogens is 268 g/mol. The third-order valence-electron chi connectivity index (χ3n) is 3.93. The zero-order valence-corrected chi connectivity index (χ0v) is 10.8. The molecule has 0 radical (unpaired) electrons. The molecule has 0 fully saturated rings. The second-order valence-corrected chi connectivity index (χ2v) is 5.02. The molecule has 0 spiro atoms. The van der Waals surface area contributed by atoms with E-state index in [2.05, 4.69) is 0 Å². The topological polar surface area (TPSA) is 77.8 Å². The molecule has 3 N–H and O–H groups in total. The van der Waals surface area contributed by atoms with Crippen LogP contribution in [0.2, 0.25) is 0 Å². The van der Waals surface area contributed by atoms with Crippen molar-refractivity contribution in [3.63, 3.8) is 0 Å². The van der Waals surface area contributed by atoms with E-state index in [0.717, 1.165) is 0 Å². The number of aromatic hydroxyl groups is 3. The lowest BCUT2D eigenvalue weighted by Gasteiger charge is -2.11. The van der Waals surface area contributed by atoms with Crippen LogP contribution < -0.4 is 0 Å². The van der Waals surface area contributed by atoms with Gasteiger partial charge in [0.25, 0.3) is 0 Å². The Labute approximate surface area is 119 Å². The number of rotatable bonds is 0. The smallest absolute Gasteiger partial charge is 0.198 e. The van der Waals surface area contributed by atoms with Gasteiger partial charge in [-0.15, -0.1) is 0 Å². The van der Waals surface area contributed by atoms with Crippen molar-refractivity contribution >= 4 is 16.6 Å². The van der Waals surface area contributed by atoms with Crippen molar-refractivity contribution in [2.75, 3.05) is 0 Å². The highest BCUT2D eigenvalue weighted by atomic mass is 16.3. The van der Waals surface area contributed by atoms with Crippen LogP contribution in [0.25, 0.3) is 21.9 Å². The van der Waals surface area contributed by atoms with Crippen LogP contribution in [0, 0.1) is 0 Å². The summed E-state index contributed by atoms with van der Waals surface area (Å²) in [6.45, 7) is 0. The highest BCUT2D eigenvalue weighted by Gasteiger charge is 2.34. The first-order chi connectivity index (χ1) is 10.1. The first-order valence-electron chi connectivity index (χ1n) is 6.45. The van der Waals surface area contributed by atoms with Crippen molar-refractivity contribution in [3.8, 4) is 28.4 Å². The van der Waals surface area contributed by atoms with E-state index in [0.29, 0.717) is 22.1 Å². The second-order valence-electron chi connectivity index (χ2n) is 5.02. The van der Waals surface area contributed by atoms with Crippen molar-refractivity contribution in [3.05, 3.63) is 53.6 Å². The van der Waals surface area contributed by atoms with Crippen LogP contribution in [0.3, 0.4) is 0 Å². The van der Waals surface area contributed by atoms with E-state index in [1.807, 2.05) is 0 Å². The SMILES string of the molecule is O=C1c2ccccc2-c2c1c(O)c1c(O)cccc1c2O. The molecule has 3 aromatic rings. The number of phenolic OH excluding ortho intramolecular Hbond substituents is 3. The van der Waals surface area contributed by atoms with Crippen molar-refractivity contribution in [2.24, 2.45) is 0 Å². The third-order valence-corrected chi connectivity index (χ3v) is 3.93. The molecule has 0 unspecified atom stereocenters. The van der Waals surface area contributed by atoms with Gasteiger partial charge in [-0.25, -0.2) is 0 Å². The Morgan fingerprint density at radius 2 is 1.43 bits per heavy atom. The molecule has 4 nitrogen and oxygen atoms in total. The average Bonchev–Trinajstić information content (AvgIpc) is 2.79. The van der Waals surface area contributed by atoms with Gasteiger partial charge in [-0.1, -0.05) is 36.4 Å². The summed E-state index contributed by atoms with van der Waals surface area (Å²) < 4.78 is 0. The summed E-state index contributed by atoms with van der Waals surface area (Å²) in [5, 5.41) is 31.3. The summed E-state index contributed by atoms with van der Waals surface area (Å²) in [6.07, 6.45) is 0. The van der Waals surface area contributed by atoms with Crippen molar-refractivity contribution in [1.29, 1.82) is 0 Å². The molecular formula is C17H10O4. The van der Waals surface area contributed by atoms with Gasteiger partial charge in [0.05, 0.1) is 10.9 Å². The summed E-state index contributed by atoms with van der Waals surface area (Å²) in [6, 6.07) is 11.5. The number of hydrogen-bond donors (Lipinski definition) is 3.